The number of carbonyl (C=O) groups is 1. The smallest absolute Gasteiger partial charge is 0.272 e. The number of hydrogen-bond donors (Lipinski definition) is 2. The number of fused-ring (bicyclic) bond motifs is 1. The molecule has 1 aromatic carbocycles. The maximum absolute atomic E-state index is 13.7. The Balaban J connectivity index is 1.48. The predicted octanol–water partition coefficient (Wildman–Crippen LogP) is 2.22. The number of benzene rings is 1. The van der Waals surface area contributed by atoms with E-state index in [1.807, 2.05) is 13.0 Å². The van der Waals surface area contributed by atoms with Gasteiger partial charge in [0.25, 0.3) is 5.91 Å². The van der Waals surface area contributed by atoms with E-state index < -0.39 is 5.60 Å². The van der Waals surface area contributed by atoms with Crippen molar-refractivity contribution >= 4 is 28.6 Å². The molecule has 3 N–H and O–H groups in total. The van der Waals surface area contributed by atoms with Crippen LogP contribution in [0.1, 0.15) is 27.2 Å². The number of hydrazine groups is 1. The third-order valence-corrected chi connectivity index (χ3v) is 6.09. The van der Waals surface area contributed by atoms with E-state index in [4.69, 9.17) is 10.5 Å². The number of anilines is 2. The lowest BCUT2D eigenvalue weighted by Gasteiger charge is -2.36. The molecule has 0 bridgehead atoms. The van der Waals surface area contributed by atoms with Crippen LogP contribution in [-0.4, -0.2) is 56.2 Å². The number of aliphatic hydroxyl groups is 1. The van der Waals surface area contributed by atoms with E-state index in [2.05, 4.69) is 19.9 Å². The number of pyridine rings is 2. The Hall–Kier alpha value is -4.15. The Labute approximate surface area is 202 Å². The number of nitrogens with two attached hydrogens (primary N) is 1. The lowest BCUT2D eigenvalue weighted by atomic mass is 9.93. The third kappa shape index (κ3) is 4.36. The predicted molar refractivity (Wildman–Crippen MR) is 130 cm³/mol. The molecule has 1 saturated heterocycles. The first-order chi connectivity index (χ1) is 16.8. The van der Waals surface area contributed by atoms with Crippen molar-refractivity contribution in [3.8, 4) is 0 Å². The highest BCUT2D eigenvalue weighted by Crippen LogP contribution is 2.29. The largest absolute Gasteiger partial charge is 0.383 e. The molecule has 10 nitrogen and oxygen atoms in total. The average molecular weight is 472 g/mol. The van der Waals surface area contributed by atoms with Gasteiger partial charge in [-0.3, -0.25) is 14.8 Å². The second-order valence-corrected chi connectivity index (χ2v) is 8.60. The average Bonchev–Trinajstić information content (AvgIpc) is 2.86. The molecular formula is C25H25N7O3. The highest BCUT2D eigenvalue weighted by atomic mass is 16.5. The van der Waals surface area contributed by atoms with Crippen LogP contribution in [0.3, 0.4) is 0 Å². The van der Waals surface area contributed by atoms with E-state index in [0.717, 1.165) is 10.9 Å². The minimum absolute atomic E-state index is 0.167. The third-order valence-electron chi connectivity index (χ3n) is 6.09. The lowest BCUT2D eigenvalue weighted by molar-refractivity contribution is -0.184. The summed E-state index contributed by atoms with van der Waals surface area (Å²) in [6, 6.07) is 12.5. The van der Waals surface area contributed by atoms with Gasteiger partial charge in [0.1, 0.15) is 11.4 Å². The number of nitrogen functional groups attached to an aromatic ring is 1. The summed E-state index contributed by atoms with van der Waals surface area (Å²) in [7, 11) is 1.73. The van der Waals surface area contributed by atoms with Gasteiger partial charge in [-0.05, 0) is 48.9 Å². The van der Waals surface area contributed by atoms with Crippen LogP contribution in [0, 0.1) is 6.92 Å². The van der Waals surface area contributed by atoms with Crippen molar-refractivity contribution in [3.63, 3.8) is 0 Å². The van der Waals surface area contributed by atoms with Gasteiger partial charge in [-0.25, -0.2) is 20.0 Å². The van der Waals surface area contributed by atoms with Crippen LogP contribution < -0.4 is 10.7 Å². The molecule has 0 radical (unpaired) electrons. The highest BCUT2D eigenvalue weighted by molar-refractivity contribution is 5.98. The van der Waals surface area contributed by atoms with Crippen LogP contribution in [-0.2, 0) is 16.9 Å². The van der Waals surface area contributed by atoms with Gasteiger partial charge in [-0.2, -0.15) is 0 Å². The molecule has 0 saturated carbocycles. The first kappa shape index (κ1) is 22.6. The topological polar surface area (TPSA) is 131 Å². The summed E-state index contributed by atoms with van der Waals surface area (Å²) in [5.74, 6) is 0.574. The van der Waals surface area contributed by atoms with E-state index in [-0.39, 0.29) is 25.7 Å². The summed E-state index contributed by atoms with van der Waals surface area (Å²) in [5.41, 5.74) is 8.29. The van der Waals surface area contributed by atoms with Crippen molar-refractivity contribution in [3.05, 3.63) is 83.4 Å². The van der Waals surface area contributed by atoms with E-state index >= 15 is 0 Å². The Morgan fingerprint density at radius 1 is 1.14 bits per heavy atom. The number of aryl methyl sites for hydroxylation is 1. The fraction of sp³-hybridized carbons (Fsp3) is 0.240. The van der Waals surface area contributed by atoms with Gasteiger partial charge in [0, 0.05) is 42.2 Å². The number of amides is 1. The molecule has 1 amide bonds. The molecule has 4 aromatic rings. The zero-order valence-electron chi connectivity index (χ0n) is 19.4. The Morgan fingerprint density at radius 3 is 2.57 bits per heavy atom. The molecule has 1 fully saturated rings. The van der Waals surface area contributed by atoms with Crippen LogP contribution in [0.4, 0.5) is 11.8 Å². The van der Waals surface area contributed by atoms with Crippen molar-refractivity contribution in [2.75, 3.05) is 31.0 Å². The Kier molecular flexibility index (Phi) is 5.75. The molecule has 1 aliphatic rings. The van der Waals surface area contributed by atoms with Crippen molar-refractivity contribution in [2.24, 2.45) is 0 Å². The molecule has 178 valence electrons. The fourth-order valence-electron chi connectivity index (χ4n) is 3.87. The first-order valence-electron chi connectivity index (χ1n) is 11.1. The van der Waals surface area contributed by atoms with Gasteiger partial charge in [-0.1, -0.05) is 6.07 Å². The van der Waals surface area contributed by atoms with Gasteiger partial charge in [0.15, 0.2) is 0 Å². The standard InChI is InChI=1S/C25H25N7O3/c1-16-10-18-11-17(4-7-21(18)30-22(16)26)23(33)32(31(2)24-27-8-3-9-28-24)13-20-6-5-19(12-29-20)25(34)14-35-15-25/h3-12,34H,13-15H2,1-2H3,(H2,26,30). The van der Waals surface area contributed by atoms with E-state index in [1.54, 1.807) is 67.0 Å². The summed E-state index contributed by atoms with van der Waals surface area (Å²) >= 11 is 0. The molecule has 35 heavy (non-hydrogen) atoms. The highest BCUT2D eigenvalue weighted by Gasteiger charge is 2.38. The zero-order chi connectivity index (χ0) is 24.6. The number of aromatic nitrogens is 4. The minimum atomic E-state index is -1.00. The summed E-state index contributed by atoms with van der Waals surface area (Å²) in [5, 5.41) is 14.4. The van der Waals surface area contributed by atoms with E-state index in [0.29, 0.717) is 34.1 Å². The number of ether oxygens (including phenoxy) is 1. The van der Waals surface area contributed by atoms with Crippen molar-refractivity contribution in [2.45, 2.75) is 19.1 Å². The van der Waals surface area contributed by atoms with Crippen molar-refractivity contribution in [1.82, 2.24) is 24.9 Å². The summed E-state index contributed by atoms with van der Waals surface area (Å²) in [4.78, 5) is 31.2. The van der Waals surface area contributed by atoms with Crippen LogP contribution in [0.2, 0.25) is 0 Å². The molecule has 3 aromatic heterocycles. The number of carbonyl (C=O) groups excluding carboxylic acids is 1. The van der Waals surface area contributed by atoms with Crippen LogP contribution in [0.25, 0.3) is 10.9 Å². The Morgan fingerprint density at radius 2 is 1.91 bits per heavy atom. The van der Waals surface area contributed by atoms with Crippen molar-refractivity contribution in [1.29, 1.82) is 0 Å². The lowest BCUT2D eigenvalue weighted by Crippen LogP contribution is -2.46. The van der Waals surface area contributed by atoms with Crippen molar-refractivity contribution < 1.29 is 14.6 Å². The molecule has 0 unspecified atom stereocenters. The number of hydrogen-bond acceptors (Lipinski definition) is 9. The van der Waals surface area contributed by atoms with Crippen LogP contribution in [0.15, 0.2) is 61.1 Å². The molecule has 10 heteroatoms. The molecule has 1 aliphatic heterocycles. The molecule has 0 atom stereocenters. The normalized spacial score (nSPS) is 14.4. The number of nitrogens with zero attached hydrogens (tertiary/aromatic N) is 6. The SMILES string of the molecule is Cc1cc2cc(C(=O)N(Cc3ccc(C4(O)COC4)cn3)N(C)c3ncccn3)ccc2nc1N. The zero-order valence-corrected chi connectivity index (χ0v) is 19.4. The van der Waals surface area contributed by atoms with Crippen LogP contribution >= 0.6 is 0 Å². The fourth-order valence-corrected chi connectivity index (χ4v) is 3.87. The van der Waals surface area contributed by atoms with Gasteiger partial charge < -0.3 is 15.6 Å². The van der Waals surface area contributed by atoms with Gasteiger partial charge in [-0.15, -0.1) is 0 Å². The van der Waals surface area contributed by atoms with E-state index in [1.165, 1.54) is 5.01 Å². The summed E-state index contributed by atoms with van der Waals surface area (Å²) < 4.78 is 5.13. The molecular weight excluding hydrogens is 446 g/mol. The second-order valence-electron chi connectivity index (χ2n) is 8.60. The molecule has 0 spiro atoms. The van der Waals surface area contributed by atoms with Gasteiger partial charge in [0.2, 0.25) is 5.95 Å². The second kappa shape index (κ2) is 8.90. The maximum Gasteiger partial charge on any atom is 0.272 e. The monoisotopic (exact) mass is 471 g/mol. The Bertz CT molecular complexity index is 1380. The van der Waals surface area contributed by atoms with E-state index in [9.17, 15) is 9.90 Å². The molecule has 0 aliphatic carbocycles. The maximum atomic E-state index is 13.7. The minimum Gasteiger partial charge on any atom is -0.383 e. The summed E-state index contributed by atoms with van der Waals surface area (Å²) in [6.45, 7) is 2.54. The summed E-state index contributed by atoms with van der Waals surface area (Å²) in [6.07, 6.45) is 4.85. The van der Waals surface area contributed by atoms with Gasteiger partial charge in [0.05, 0.1) is 31.0 Å². The van der Waals surface area contributed by atoms with Crippen LogP contribution in [0.5, 0.6) is 0 Å². The number of rotatable bonds is 6. The van der Waals surface area contributed by atoms with Gasteiger partial charge >= 0.3 is 0 Å². The molecule has 5 rings (SSSR count). The first-order valence-corrected chi connectivity index (χ1v) is 11.1. The quantitative estimate of drug-likeness (QED) is 0.406. The molecule has 4 heterocycles.